The fraction of sp³-hybridized carbons (Fsp3) is 0.214. The van der Waals surface area contributed by atoms with Crippen LogP contribution < -0.4 is 14.8 Å². The summed E-state index contributed by atoms with van der Waals surface area (Å²) in [5, 5.41) is 2.88. The zero-order chi connectivity index (χ0) is 15.4. The Balaban J connectivity index is 2.10. The number of benzene rings is 1. The van der Waals surface area contributed by atoms with E-state index in [0.717, 1.165) is 19.6 Å². The number of nitrogens with one attached hydrogen (secondary N) is 1. The Morgan fingerprint density at radius 2 is 2.00 bits per heavy atom. The van der Waals surface area contributed by atoms with Crippen LogP contribution in [0.25, 0.3) is 0 Å². The van der Waals surface area contributed by atoms with Crippen molar-refractivity contribution in [1.29, 1.82) is 0 Å². The van der Waals surface area contributed by atoms with Gasteiger partial charge in [-0.3, -0.25) is 4.79 Å². The molecule has 2 aromatic rings. The molecule has 0 aliphatic carbocycles. The van der Waals surface area contributed by atoms with E-state index in [-0.39, 0.29) is 5.91 Å². The second-order valence-corrected chi connectivity index (χ2v) is 7.32. The van der Waals surface area contributed by atoms with Crippen molar-refractivity contribution in [2.24, 2.45) is 0 Å². The largest absolute Gasteiger partial charge is 0.497 e. The fourth-order valence-electron chi connectivity index (χ4n) is 1.74. The van der Waals surface area contributed by atoms with Crippen LogP contribution in [0.2, 0.25) is 0 Å². The maximum absolute atomic E-state index is 12.1. The molecule has 21 heavy (non-hydrogen) atoms. The Labute approximate surface area is 143 Å². The molecule has 1 N–H and O–H groups in total. The van der Waals surface area contributed by atoms with E-state index >= 15 is 0 Å². The summed E-state index contributed by atoms with van der Waals surface area (Å²) in [4.78, 5) is 12.8. The standard InChI is InChI=1S/C14H13Br2NO3S/c1-19-9-3-4-11(20-2)8(5-9)7-17-14(18)12-6-10(15)13(16)21-12/h3-6H,7H2,1-2H3,(H,17,18). The second kappa shape index (κ2) is 7.29. The highest BCUT2D eigenvalue weighted by atomic mass is 79.9. The van der Waals surface area contributed by atoms with Gasteiger partial charge in [0, 0.05) is 16.6 Å². The summed E-state index contributed by atoms with van der Waals surface area (Å²) in [5.74, 6) is 1.31. The minimum Gasteiger partial charge on any atom is -0.497 e. The Morgan fingerprint density at radius 1 is 1.24 bits per heavy atom. The van der Waals surface area contributed by atoms with Crippen molar-refractivity contribution in [2.75, 3.05) is 14.2 Å². The Kier molecular flexibility index (Phi) is 5.66. The molecule has 0 atom stereocenters. The number of hydrogen-bond donors (Lipinski definition) is 1. The predicted octanol–water partition coefficient (Wildman–Crippen LogP) is 4.22. The average Bonchev–Trinajstić information content (AvgIpc) is 2.84. The van der Waals surface area contributed by atoms with Gasteiger partial charge in [0.1, 0.15) is 11.5 Å². The van der Waals surface area contributed by atoms with Crippen molar-refractivity contribution in [3.05, 3.63) is 43.0 Å². The highest BCUT2D eigenvalue weighted by Crippen LogP contribution is 2.32. The van der Waals surface area contributed by atoms with Crippen LogP contribution >= 0.6 is 43.2 Å². The first-order valence-electron chi connectivity index (χ1n) is 5.99. The lowest BCUT2D eigenvalue weighted by molar-refractivity contribution is 0.0954. The fourth-order valence-corrected chi connectivity index (χ4v) is 3.69. The van der Waals surface area contributed by atoms with Gasteiger partial charge >= 0.3 is 0 Å². The van der Waals surface area contributed by atoms with Gasteiger partial charge < -0.3 is 14.8 Å². The molecule has 1 aromatic carbocycles. The molecule has 4 nitrogen and oxygen atoms in total. The summed E-state index contributed by atoms with van der Waals surface area (Å²) in [6, 6.07) is 7.27. The Morgan fingerprint density at radius 3 is 2.57 bits per heavy atom. The molecule has 0 saturated heterocycles. The van der Waals surface area contributed by atoms with Crippen LogP contribution in [-0.2, 0) is 6.54 Å². The van der Waals surface area contributed by atoms with Crippen LogP contribution in [-0.4, -0.2) is 20.1 Å². The first-order chi connectivity index (χ1) is 10.0. The summed E-state index contributed by atoms with van der Waals surface area (Å²) < 4.78 is 12.2. The van der Waals surface area contributed by atoms with Gasteiger partial charge in [0.2, 0.25) is 0 Å². The van der Waals surface area contributed by atoms with Gasteiger partial charge in [0.15, 0.2) is 0 Å². The molecule has 2 rings (SSSR count). The van der Waals surface area contributed by atoms with Crippen LogP contribution in [0.1, 0.15) is 15.2 Å². The lowest BCUT2D eigenvalue weighted by atomic mass is 10.2. The van der Waals surface area contributed by atoms with Gasteiger partial charge in [-0.2, -0.15) is 0 Å². The van der Waals surface area contributed by atoms with Crippen LogP contribution in [0.15, 0.2) is 32.5 Å². The quantitative estimate of drug-likeness (QED) is 0.766. The monoisotopic (exact) mass is 433 g/mol. The zero-order valence-corrected chi connectivity index (χ0v) is 15.4. The third kappa shape index (κ3) is 3.99. The maximum Gasteiger partial charge on any atom is 0.261 e. The molecule has 0 aliphatic heterocycles. The number of ether oxygens (including phenoxy) is 2. The highest BCUT2D eigenvalue weighted by molar-refractivity contribution is 9.13. The smallest absolute Gasteiger partial charge is 0.261 e. The van der Waals surface area contributed by atoms with Crippen molar-refractivity contribution in [2.45, 2.75) is 6.54 Å². The van der Waals surface area contributed by atoms with E-state index in [1.54, 1.807) is 20.3 Å². The second-order valence-electron chi connectivity index (χ2n) is 4.09. The number of halogens is 2. The molecule has 0 saturated carbocycles. The Hall–Kier alpha value is -1.05. The molecule has 1 amide bonds. The lowest BCUT2D eigenvalue weighted by Crippen LogP contribution is -2.22. The molecule has 1 aromatic heterocycles. The molecule has 1 heterocycles. The van der Waals surface area contributed by atoms with Crippen molar-refractivity contribution in [3.8, 4) is 11.5 Å². The maximum atomic E-state index is 12.1. The SMILES string of the molecule is COc1ccc(OC)c(CNC(=O)c2cc(Br)c(Br)s2)c1. The third-order valence-electron chi connectivity index (χ3n) is 2.80. The van der Waals surface area contributed by atoms with Gasteiger partial charge in [-0.15, -0.1) is 11.3 Å². The molecule has 112 valence electrons. The van der Waals surface area contributed by atoms with Gasteiger partial charge in [-0.1, -0.05) is 0 Å². The van der Waals surface area contributed by atoms with Crippen molar-refractivity contribution in [3.63, 3.8) is 0 Å². The predicted molar refractivity (Wildman–Crippen MR) is 90.4 cm³/mol. The first-order valence-corrected chi connectivity index (χ1v) is 8.39. The summed E-state index contributed by atoms with van der Waals surface area (Å²) in [7, 11) is 3.20. The van der Waals surface area contributed by atoms with E-state index in [1.165, 1.54) is 11.3 Å². The summed E-state index contributed by atoms with van der Waals surface area (Å²) in [5.41, 5.74) is 0.861. The molecule has 0 radical (unpaired) electrons. The van der Waals surface area contributed by atoms with Crippen LogP contribution in [0.5, 0.6) is 11.5 Å². The van der Waals surface area contributed by atoms with Crippen LogP contribution in [0, 0.1) is 0 Å². The van der Waals surface area contributed by atoms with Crippen molar-refractivity contribution < 1.29 is 14.3 Å². The van der Waals surface area contributed by atoms with Crippen molar-refractivity contribution in [1.82, 2.24) is 5.32 Å². The first kappa shape index (κ1) is 16.3. The zero-order valence-electron chi connectivity index (χ0n) is 11.4. The van der Waals surface area contributed by atoms with Gasteiger partial charge in [-0.05, 0) is 56.1 Å². The Bertz CT molecular complexity index is 638. The molecule has 0 bridgehead atoms. The number of rotatable bonds is 5. The minimum absolute atomic E-state index is 0.128. The summed E-state index contributed by atoms with van der Waals surface area (Å²) in [6.07, 6.45) is 0. The summed E-state index contributed by atoms with van der Waals surface area (Å²) >= 11 is 8.12. The van der Waals surface area contributed by atoms with Gasteiger partial charge in [0.25, 0.3) is 5.91 Å². The van der Waals surface area contributed by atoms with Crippen LogP contribution in [0.4, 0.5) is 0 Å². The number of carbonyl (C=O) groups excluding carboxylic acids is 1. The average molecular weight is 435 g/mol. The van der Waals surface area contributed by atoms with E-state index in [2.05, 4.69) is 37.2 Å². The van der Waals surface area contributed by atoms with E-state index in [0.29, 0.717) is 17.2 Å². The molecule has 7 heteroatoms. The molecule has 0 spiro atoms. The molecular formula is C14H13Br2NO3S. The number of methoxy groups -OCH3 is 2. The van der Waals surface area contributed by atoms with Crippen molar-refractivity contribution >= 4 is 49.1 Å². The molecular weight excluding hydrogens is 422 g/mol. The molecule has 0 unspecified atom stereocenters. The van der Waals surface area contributed by atoms with E-state index < -0.39 is 0 Å². The number of amides is 1. The minimum atomic E-state index is -0.128. The highest BCUT2D eigenvalue weighted by Gasteiger charge is 2.13. The van der Waals surface area contributed by atoms with Crippen LogP contribution in [0.3, 0.4) is 0 Å². The molecule has 0 fully saturated rings. The number of thiophene rings is 1. The summed E-state index contributed by atoms with van der Waals surface area (Å²) in [6.45, 7) is 0.367. The number of hydrogen-bond acceptors (Lipinski definition) is 4. The topological polar surface area (TPSA) is 47.6 Å². The number of carbonyl (C=O) groups is 1. The van der Waals surface area contributed by atoms with E-state index in [4.69, 9.17) is 9.47 Å². The van der Waals surface area contributed by atoms with E-state index in [1.807, 2.05) is 18.2 Å². The van der Waals surface area contributed by atoms with Gasteiger partial charge in [-0.25, -0.2) is 0 Å². The van der Waals surface area contributed by atoms with Gasteiger partial charge in [0.05, 0.1) is 22.9 Å². The lowest BCUT2D eigenvalue weighted by Gasteiger charge is -2.11. The van der Waals surface area contributed by atoms with E-state index in [9.17, 15) is 4.79 Å². The normalized spacial score (nSPS) is 10.3. The molecule has 0 aliphatic rings. The third-order valence-corrected chi connectivity index (χ3v) is 6.05.